The average molecular weight is 667 g/mol. The van der Waals surface area contributed by atoms with Gasteiger partial charge < -0.3 is 14.3 Å². The highest BCUT2D eigenvalue weighted by molar-refractivity contribution is 14.1. The van der Waals surface area contributed by atoms with Crippen LogP contribution in [0.25, 0.3) is 0 Å². The first-order chi connectivity index (χ1) is 17.8. The third-order valence-corrected chi connectivity index (χ3v) is 14.8. The molecule has 0 aliphatic heterocycles. The quantitative estimate of drug-likeness (QED) is 0.168. The monoisotopic (exact) mass is 666 g/mol. The Kier molecular flexibility index (Phi) is 10.4. The van der Waals surface area contributed by atoms with Gasteiger partial charge in [0.05, 0.1) is 24.9 Å². The van der Waals surface area contributed by atoms with Crippen molar-refractivity contribution in [2.24, 2.45) is 0 Å². The van der Waals surface area contributed by atoms with Crippen LogP contribution in [0.2, 0.25) is 30.7 Å². The lowest BCUT2D eigenvalue weighted by Gasteiger charge is -2.44. The molecule has 0 fully saturated rings. The number of nitrogens with zero attached hydrogens (tertiary/aromatic N) is 2. The molecular weight excluding hydrogens is 623 g/mol. The number of aromatic nitrogens is 2. The molecule has 0 aliphatic carbocycles. The molecule has 0 amide bonds. The molecule has 3 aromatic rings. The summed E-state index contributed by atoms with van der Waals surface area (Å²) in [7, 11) is -4.01. The fourth-order valence-corrected chi connectivity index (χ4v) is 11.1. The summed E-state index contributed by atoms with van der Waals surface area (Å²) in [6.45, 7) is 16.7. The lowest BCUT2D eigenvalue weighted by atomic mass is 10.2. The first-order valence-electron chi connectivity index (χ1n) is 13.3. The Morgan fingerprint density at radius 1 is 0.947 bits per heavy atom. The molecule has 3 rings (SSSR count). The van der Waals surface area contributed by atoms with Crippen molar-refractivity contribution in [3.05, 3.63) is 80.3 Å². The van der Waals surface area contributed by atoms with Crippen molar-refractivity contribution in [2.45, 2.75) is 84.4 Å². The molecular formula is C29H43IN2O4Si2. The van der Waals surface area contributed by atoms with Crippen LogP contribution in [0.1, 0.15) is 33.4 Å². The summed E-state index contributed by atoms with van der Waals surface area (Å²) in [6.07, 6.45) is -0.234. The SMILES string of the molecule is C[C@@H](Cn1c(CO)c(I)c(=O)n1COCC[Si](C)(C)C)O[Si](c1ccccc1)(c1ccccc1)C(C)(C)C. The number of benzene rings is 2. The molecule has 2 aromatic carbocycles. The third kappa shape index (κ3) is 6.97. The minimum atomic E-state index is -2.76. The summed E-state index contributed by atoms with van der Waals surface area (Å²) in [5, 5.41) is 12.5. The number of hydrogen-bond donors (Lipinski definition) is 1. The van der Waals surface area contributed by atoms with Crippen molar-refractivity contribution in [2.75, 3.05) is 6.61 Å². The zero-order valence-electron chi connectivity index (χ0n) is 23.8. The van der Waals surface area contributed by atoms with E-state index < -0.39 is 16.4 Å². The van der Waals surface area contributed by atoms with Gasteiger partial charge >= 0.3 is 0 Å². The second-order valence-corrected chi connectivity index (χ2v) is 23.1. The van der Waals surface area contributed by atoms with E-state index in [0.717, 1.165) is 6.04 Å². The number of halogens is 1. The van der Waals surface area contributed by atoms with Crippen LogP contribution in [-0.2, 0) is 29.0 Å². The summed E-state index contributed by atoms with van der Waals surface area (Å²) in [6, 6.07) is 22.1. The Hall–Kier alpha value is -1.51. The van der Waals surface area contributed by atoms with Gasteiger partial charge in [-0.3, -0.25) is 9.48 Å². The maximum absolute atomic E-state index is 13.1. The van der Waals surface area contributed by atoms with E-state index in [-0.39, 0.29) is 30.0 Å². The Labute approximate surface area is 243 Å². The molecule has 0 bridgehead atoms. The van der Waals surface area contributed by atoms with Crippen molar-refractivity contribution < 1.29 is 14.3 Å². The van der Waals surface area contributed by atoms with Crippen molar-refractivity contribution in [3.8, 4) is 0 Å². The average Bonchev–Trinajstić information content (AvgIpc) is 3.08. The molecule has 208 valence electrons. The van der Waals surface area contributed by atoms with Crippen LogP contribution >= 0.6 is 22.6 Å². The molecule has 9 heteroatoms. The maximum Gasteiger partial charge on any atom is 0.282 e. The van der Waals surface area contributed by atoms with E-state index in [1.165, 1.54) is 10.4 Å². The number of hydrogen-bond acceptors (Lipinski definition) is 4. The Bertz CT molecular complexity index is 1190. The highest BCUT2D eigenvalue weighted by atomic mass is 127. The van der Waals surface area contributed by atoms with E-state index >= 15 is 0 Å². The first-order valence-corrected chi connectivity index (χ1v) is 20.0. The molecule has 1 aromatic heterocycles. The van der Waals surface area contributed by atoms with E-state index in [1.807, 2.05) is 39.4 Å². The van der Waals surface area contributed by atoms with Crippen LogP contribution in [0.4, 0.5) is 0 Å². The van der Waals surface area contributed by atoms with Crippen LogP contribution in [0.15, 0.2) is 65.5 Å². The molecule has 0 spiro atoms. The predicted octanol–water partition coefficient (Wildman–Crippen LogP) is 5.02. The number of aliphatic hydroxyl groups excluding tert-OH is 1. The van der Waals surface area contributed by atoms with E-state index in [1.54, 1.807) is 4.68 Å². The van der Waals surface area contributed by atoms with E-state index in [4.69, 9.17) is 9.16 Å². The van der Waals surface area contributed by atoms with Crippen LogP contribution < -0.4 is 15.9 Å². The predicted molar refractivity (Wildman–Crippen MR) is 170 cm³/mol. The molecule has 0 saturated carbocycles. The molecule has 1 N–H and O–H groups in total. The Morgan fingerprint density at radius 3 is 1.92 bits per heavy atom. The summed E-state index contributed by atoms with van der Waals surface area (Å²) in [5.41, 5.74) is 0.461. The fourth-order valence-electron chi connectivity index (χ4n) is 4.90. The van der Waals surface area contributed by atoms with Crippen molar-refractivity contribution in [3.63, 3.8) is 0 Å². The van der Waals surface area contributed by atoms with E-state index in [9.17, 15) is 9.90 Å². The van der Waals surface area contributed by atoms with Crippen LogP contribution in [0, 0.1) is 3.57 Å². The minimum Gasteiger partial charge on any atom is -0.403 e. The summed E-state index contributed by atoms with van der Waals surface area (Å²) in [4.78, 5) is 13.1. The molecule has 0 radical (unpaired) electrons. The van der Waals surface area contributed by atoms with Crippen molar-refractivity contribution >= 4 is 49.4 Å². The van der Waals surface area contributed by atoms with E-state index in [2.05, 4.69) is 95.9 Å². The van der Waals surface area contributed by atoms with Gasteiger partial charge in [-0.15, -0.1) is 0 Å². The molecule has 0 unspecified atom stereocenters. The van der Waals surface area contributed by atoms with Crippen molar-refractivity contribution in [1.29, 1.82) is 0 Å². The standard InChI is InChI=1S/C29H43IN2O4Si2/c1-23(20-31-26(21-33)27(30)28(34)32(31)22-35-18-19-37(5,6)7)36-38(29(2,3)4,24-14-10-8-11-15-24)25-16-12-9-13-17-25/h8-17,23,33H,18-22H2,1-7H3/t23-/m0/s1. The van der Waals surface area contributed by atoms with Gasteiger partial charge in [-0.05, 0) is 51.0 Å². The minimum absolute atomic E-state index is 0.139. The number of rotatable bonds is 12. The second kappa shape index (κ2) is 12.8. The van der Waals surface area contributed by atoms with Gasteiger partial charge in [-0.25, -0.2) is 4.68 Å². The van der Waals surface area contributed by atoms with Gasteiger partial charge in [-0.1, -0.05) is 101 Å². The zero-order valence-corrected chi connectivity index (χ0v) is 28.0. The lowest BCUT2D eigenvalue weighted by molar-refractivity contribution is 0.0577. The largest absolute Gasteiger partial charge is 0.403 e. The van der Waals surface area contributed by atoms with Gasteiger partial charge in [0.2, 0.25) is 0 Å². The molecule has 0 aliphatic rings. The van der Waals surface area contributed by atoms with Crippen LogP contribution in [-0.4, -0.2) is 43.6 Å². The van der Waals surface area contributed by atoms with Gasteiger partial charge in [0, 0.05) is 14.7 Å². The zero-order chi connectivity index (χ0) is 28.1. The number of ether oxygens (including phenoxy) is 1. The summed E-state index contributed by atoms with van der Waals surface area (Å²) in [5.74, 6) is 0. The van der Waals surface area contributed by atoms with Gasteiger partial charge in [0.25, 0.3) is 13.9 Å². The second-order valence-electron chi connectivity index (χ2n) is 12.1. The highest BCUT2D eigenvalue weighted by Gasteiger charge is 2.51. The highest BCUT2D eigenvalue weighted by Crippen LogP contribution is 2.37. The van der Waals surface area contributed by atoms with Crippen LogP contribution in [0.3, 0.4) is 0 Å². The van der Waals surface area contributed by atoms with Gasteiger partial charge in [0.15, 0.2) is 0 Å². The van der Waals surface area contributed by atoms with Gasteiger partial charge in [0.1, 0.15) is 10.3 Å². The third-order valence-electron chi connectivity index (χ3n) is 6.86. The van der Waals surface area contributed by atoms with Gasteiger partial charge in [-0.2, -0.15) is 0 Å². The molecule has 6 nitrogen and oxygen atoms in total. The lowest BCUT2D eigenvalue weighted by Crippen LogP contribution is -2.67. The smallest absolute Gasteiger partial charge is 0.282 e. The normalized spacial score (nSPS) is 13.6. The number of aliphatic hydroxyl groups is 1. The Morgan fingerprint density at radius 2 is 1.47 bits per heavy atom. The van der Waals surface area contributed by atoms with E-state index in [0.29, 0.717) is 22.4 Å². The topological polar surface area (TPSA) is 65.6 Å². The molecule has 1 heterocycles. The van der Waals surface area contributed by atoms with Crippen molar-refractivity contribution in [1.82, 2.24) is 9.36 Å². The summed E-state index contributed by atoms with van der Waals surface area (Å²) >= 11 is 2.04. The molecule has 0 saturated heterocycles. The Balaban J connectivity index is 1.99. The van der Waals surface area contributed by atoms with Crippen LogP contribution in [0.5, 0.6) is 0 Å². The molecule has 1 atom stereocenters. The fraction of sp³-hybridized carbons (Fsp3) is 0.483. The summed E-state index contributed by atoms with van der Waals surface area (Å²) < 4.78 is 17.2. The first kappa shape index (κ1) is 31.0. The maximum atomic E-state index is 13.1. The molecule has 38 heavy (non-hydrogen) atoms.